The second-order valence-electron chi connectivity index (χ2n) is 4.04. The lowest BCUT2D eigenvalue weighted by molar-refractivity contribution is 0.0857. The standard InChI is InChI=1S/C12H16N2O2/c1-9-7-13-5-4-11(9)12(15)14-8-10-3-2-6-16-10/h4-5,7,10H,2-3,6,8H2,1H3,(H,14,15). The normalized spacial score (nSPS) is 19.7. The fraction of sp³-hybridized carbons (Fsp3) is 0.500. The summed E-state index contributed by atoms with van der Waals surface area (Å²) >= 11 is 0. The lowest BCUT2D eigenvalue weighted by Crippen LogP contribution is -2.32. The SMILES string of the molecule is Cc1cnccc1C(=O)NCC1CCCO1. The van der Waals surface area contributed by atoms with E-state index in [9.17, 15) is 4.79 Å². The van der Waals surface area contributed by atoms with Crippen molar-refractivity contribution in [1.82, 2.24) is 10.3 Å². The van der Waals surface area contributed by atoms with Crippen LogP contribution in [0, 0.1) is 6.92 Å². The number of nitrogens with zero attached hydrogens (tertiary/aromatic N) is 1. The van der Waals surface area contributed by atoms with Crippen LogP contribution in [0.2, 0.25) is 0 Å². The van der Waals surface area contributed by atoms with E-state index in [0.29, 0.717) is 12.1 Å². The lowest BCUT2D eigenvalue weighted by atomic mass is 10.1. The van der Waals surface area contributed by atoms with E-state index in [1.54, 1.807) is 18.5 Å². The highest BCUT2D eigenvalue weighted by atomic mass is 16.5. The Morgan fingerprint density at radius 2 is 2.56 bits per heavy atom. The van der Waals surface area contributed by atoms with Crippen LogP contribution in [0.3, 0.4) is 0 Å². The summed E-state index contributed by atoms with van der Waals surface area (Å²) in [6, 6.07) is 1.74. The zero-order chi connectivity index (χ0) is 11.4. The van der Waals surface area contributed by atoms with Gasteiger partial charge in [0.05, 0.1) is 6.10 Å². The van der Waals surface area contributed by atoms with Gasteiger partial charge in [0, 0.05) is 31.1 Å². The topological polar surface area (TPSA) is 51.2 Å². The highest BCUT2D eigenvalue weighted by Gasteiger charge is 2.17. The first-order chi connectivity index (χ1) is 7.77. The third-order valence-electron chi connectivity index (χ3n) is 2.78. The Bertz CT molecular complexity index is 373. The zero-order valence-electron chi connectivity index (χ0n) is 9.40. The molecule has 2 heterocycles. The summed E-state index contributed by atoms with van der Waals surface area (Å²) < 4.78 is 5.44. The minimum atomic E-state index is -0.0459. The zero-order valence-corrected chi connectivity index (χ0v) is 9.40. The van der Waals surface area contributed by atoms with E-state index in [0.717, 1.165) is 25.0 Å². The molecule has 1 saturated heterocycles. The van der Waals surface area contributed by atoms with E-state index < -0.39 is 0 Å². The van der Waals surface area contributed by atoms with Gasteiger partial charge in [0.1, 0.15) is 0 Å². The molecule has 1 aromatic rings. The molecule has 1 aliphatic rings. The first kappa shape index (κ1) is 11.1. The summed E-state index contributed by atoms with van der Waals surface area (Å²) in [6.45, 7) is 3.30. The molecule has 1 N–H and O–H groups in total. The van der Waals surface area contributed by atoms with E-state index in [-0.39, 0.29) is 12.0 Å². The second kappa shape index (κ2) is 5.07. The molecule has 0 aromatic carbocycles. The Balaban J connectivity index is 1.90. The second-order valence-corrected chi connectivity index (χ2v) is 4.04. The predicted molar refractivity (Wildman–Crippen MR) is 60.3 cm³/mol. The van der Waals surface area contributed by atoms with Crippen molar-refractivity contribution in [2.45, 2.75) is 25.9 Å². The number of carbonyl (C=O) groups is 1. The van der Waals surface area contributed by atoms with Crippen LogP contribution in [0.1, 0.15) is 28.8 Å². The molecule has 1 aromatic heterocycles. The Hall–Kier alpha value is -1.42. The minimum Gasteiger partial charge on any atom is -0.376 e. The molecule has 2 rings (SSSR count). The third-order valence-corrected chi connectivity index (χ3v) is 2.78. The van der Waals surface area contributed by atoms with Gasteiger partial charge in [0.2, 0.25) is 0 Å². The van der Waals surface area contributed by atoms with Crippen molar-refractivity contribution in [3.05, 3.63) is 29.6 Å². The lowest BCUT2D eigenvalue weighted by Gasteiger charge is -2.11. The van der Waals surface area contributed by atoms with Crippen LogP contribution in [0.15, 0.2) is 18.5 Å². The fourth-order valence-electron chi connectivity index (χ4n) is 1.84. The number of carbonyl (C=O) groups excluding carboxylic acids is 1. The number of hydrogen-bond donors (Lipinski definition) is 1. The van der Waals surface area contributed by atoms with Crippen LogP contribution in [0.4, 0.5) is 0 Å². The van der Waals surface area contributed by atoms with Crippen molar-refractivity contribution in [3.8, 4) is 0 Å². The van der Waals surface area contributed by atoms with E-state index >= 15 is 0 Å². The van der Waals surface area contributed by atoms with Crippen molar-refractivity contribution in [2.75, 3.05) is 13.2 Å². The quantitative estimate of drug-likeness (QED) is 0.835. The number of nitrogens with one attached hydrogen (secondary N) is 1. The number of hydrogen-bond acceptors (Lipinski definition) is 3. The Labute approximate surface area is 95.0 Å². The van der Waals surface area contributed by atoms with Gasteiger partial charge >= 0.3 is 0 Å². The molecule has 1 aliphatic heterocycles. The van der Waals surface area contributed by atoms with Crippen molar-refractivity contribution >= 4 is 5.91 Å². The van der Waals surface area contributed by atoms with Crippen molar-refractivity contribution < 1.29 is 9.53 Å². The molecule has 1 fully saturated rings. The summed E-state index contributed by atoms with van der Waals surface area (Å²) in [7, 11) is 0. The Kier molecular flexibility index (Phi) is 3.51. The average molecular weight is 220 g/mol. The molecule has 0 aliphatic carbocycles. The molecule has 0 bridgehead atoms. The van der Waals surface area contributed by atoms with E-state index in [2.05, 4.69) is 10.3 Å². The van der Waals surface area contributed by atoms with Gasteiger partial charge in [-0.2, -0.15) is 0 Å². The number of amides is 1. The molecule has 16 heavy (non-hydrogen) atoms. The van der Waals surface area contributed by atoms with Crippen LogP contribution in [0.5, 0.6) is 0 Å². The van der Waals surface area contributed by atoms with E-state index in [1.165, 1.54) is 0 Å². The van der Waals surface area contributed by atoms with Crippen LogP contribution in [-0.4, -0.2) is 30.1 Å². The van der Waals surface area contributed by atoms with Gasteiger partial charge in [0.25, 0.3) is 5.91 Å². The van der Waals surface area contributed by atoms with Gasteiger partial charge in [-0.05, 0) is 31.4 Å². The van der Waals surface area contributed by atoms with Gasteiger partial charge in [0.15, 0.2) is 0 Å². The van der Waals surface area contributed by atoms with Gasteiger partial charge in [-0.3, -0.25) is 9.78 Å². The van der Waals surface area contributed by atoms with Crippen molar-refractivity contribution in [3.63, 3.8) is 0 Å². The van der Waals surface area contributed by atoms with Crippen LogP contribution in [-0.2, 0) is 4.74 Å². The maximum atomic E-state index is 11.8. The number of aryl methyl sites for hydroxylation is 1. The first-order valence-corrected chi connectivity index (χ1v) is 5.58. The predicted octanol–water partition coefficient (Wildman–Crippen LogP) is 1.30. The Morgan fingerprint density at radius 1 is 1.69 bits per heavy atom. The fourth-order valence-corrected chi connectivity index (χ4v) is 1.84. The van der Waals surface area contributed by atoms with Gasteiger partial charge < -0.3 is 10.1 Å². The molecule has 86 valence electrons. The number of aromatic nitrogens is 1. The van der Waals surface area contributed by atoms with E-state index in [4.69, 9.17) is 4.74 Å². The molecular formula is C12H16N2O2. The van der Waals surface area contributed by atoms with Crippen LogP contribution < -0.4 is 5.32 Å². The molecule has 0 spiro atoms. The molecule has 1 amide bonds. The molecule has 1 unspecified atom stereocenters. The largest absolute Gasteiger partial charge is 0.376 e. The van der Waals surface area contributed by atoms with Crippen LogP contribution >= 0.6 is 0 Å². The molecular weight excluding hydrogens is 204 g/mol. The maximum Gasteiger partial charge on any atom is 0.251 e. The number of ether oxygens (including phenoxy) is 1. The van der Waals surface area contributed by atoms with Gasteiger partial charge in [-0.25, -0.2) is 0 Å². The van der Waals surface area contributed by atoms with Crippen molar-refractivity contribution in [1.29, 1.82) is 0 Å². The highest BCUT2D eigenvalue weighted by Crippen LogP contribution is 2.11. The number of pyridine rings is 1. The van der Waals surface area contributed by atoms with Crippen LogP contribution in [0.25, 0.3) is 0 Å². The van der Waals surface area contributed by atoms with Gasteiger partial charge in [-0.15, -0.1) is 0 Å². The van der Waals surface area contributed by atoms with Gasteiger partial charge in [-0.1, -0.05) is 0 Å². The highest BCUT2D eigenvalue weighted by molar-refractivity contribution is 5.95. The minimum absolute atomic E-state index is 0.0459. The maximum absolute atomic E-state index is 11.8. The van der Waals surface area contributed by atoms with Crippen molar-refractivity contribution in [2.24, 2.45) is 0 Å². The molecule has 0 saturated carbocycles. The number of rotatable bonds is 3. The summed E-state index contributed by atoms with van der Waals surface area (Å²) in [5, 5.41) is 2.89. The first-order valence-electron chi connectivity index (χ1n) is 5.58. The Morgan fingerprint density at radius 3 is 3.25 bits per heavy atom. The summed E-state index contributed by atoms with van der Waals surface area (Å²) in [5.74, 6) is -0.0459. The molecule has 4 heteroatoms. The van der Waals surface area contributed by atoms with E-state index in [1.807, 2.05) is 6.92 Å². The summed E-state index contributed by atoms with van der Waals surface area (Å²) in [5.41, 5.74) is 1.58. The molecule has 0 radical (unpaired) electrons. The smallest absolute Gasteiger partial charge is 0.251 e. The summed E-state index contributed by atoms with van der Waals surface area (Å²) in [6.07, 6.45) is 5.64. The molecule has 1 atom stereocenters. The summed E-state index contributed by atoms with van der Waals surface area (Å²) in [4.78, 5) is 15.8. The monoisotopic (exact) mass is 220 g/mol. The third kappa shape index (κ3) is 2.58. The molecule has 4 nitrogen and oxygen atoms in total. The average Bonchev–Trinajstić information content (AvgIpc) is 2.79.